The molecule has 1 aromatic carbocycles. The Hall–Kier alpha value is -2.43. The summed E-state index contributed by atoms with van der Waals surface area (Å²) in [6.45, 7) is 0.437. The number of benzene rings is 1. The van der Waals surface area contributed by atoms with Gasteiger partial charge in [-0.25, -0.2) is 4.39 Å². The van der Waals surface area contributed by atoms with Gasteiger partial charge in [0.1, 0.15) is 5.82 Å². The minimum absolute atomic E-state index is 0.221. The van der Waals surface area contributed by atoms with E-state index in [2.05, 4.69) is 10.3 Å². The van der Waals surface area contributed by atoms with Crippen LogP contribution in [0.1, 0.15) is 16.1 Å². The number of aromatic nitrogens is 1. The van der Waals surface area contributed by atoms with E-state index in [1.54, 1.807) is 6.20 Å². The van der Waals surface area contributed by atoms with Crippen molar-refractivity contribution < 1.29 is 9.18 Å². The van der Waals surface area contributed by atoms with Crippen LogP contribution in [0.15, 0.2) is 42.6 Å². The van der Waals surface area contributed by atoms with Crippen LogP contribution in [0.4, 0.5) is 10.1 Å². The zero-order chi connectivity index (χ0) is 13.7. The molecule has 0 aliphatic carbocycles. The Balaban J connectivity index is 1.91. The van der Waals surface area contributed by atoms with Gasteiger partial charge in [0.05, 0.1) is 0 Å². The topological polar surface area (TPSA) is 68.0 Å². The zero-order valence-corrected chi connectivity index (χ0v) is 10.3. The van der Waals surface area contributed by atoms with Crippen LogP contribution in [0.5, 0.6) is 0 Å². The number of halogens is 1. The molecule has 0 atom stereocenters. The third-order valence-corrected chi connectivity index (χ3v) is 2.58. The summed E-state index contributed by atoms with van der Waals surface area (Å²) in [4.78, 5) is 15.9. The number of nitrogens with zero attached hydrogens (tertiary/aromatic N) is 1. The van der Waals surface area contributed by atoms with Crippen LogP contribution in [0.25, 0.3) is 0 Å². The van der Waals surface area contributed by atoms with E-state index in [0.717, 1.165) is 11.8 Å². The lowest BCUT2D eigenvalue weighted by Gasteiger charge is -2.06. The molecule has 0 saturated carbocycles. The monoisotopic (exact) mass is 259 g/mol. The maximum Gasteiger partial charge on any atom is 0.251 e. The fourth-order valence-electron chi connectivity index (χ4n) is 1.70. The van der Waals surface area contributed by atoms with Crippen LogP contribution < -0.4 is 11.1 Å². The molecular weight excluding hydrogens is 245 g/mol. The standard InChI is InChI=1S/C14H14FN3O/c15-11-7-10(8-12(16)9-11)14(19)18-6-4-13-3-1-2-5-17-13/h1-3,5,7-9H,4,6,16H2,(H,18,19). The van der Waals surface area contributed by atoms with Crippen molar-refractivity contribution in [3.8, 4) is 0 Å². The van der Waals surface area contributed by atoms with Gasteiger partial charge in [0.25, 0.3) is 5.91 Å². The smallest absolute Gasteiger partial charge is 0.251 e. The molecule has 0 radical (unpaired) electrons. The average Bonchev–Trinajstić information content (AvgIpc) is 2.38. The number of carbonyl (C=O) groups is 1. The molecule has 1 amide bonds. The third-order valence-electron chi connectivity index (χ3n) is 2.58. The number of nitrogens with two attached hydrogens (primary N) is 1. The van der Waals surface area contributed by atoms with Crippen molar-refractivity contribution in [2.45, 2.75) is 6.42 Å². The minimum atomic E-state index is -0.519. The minimum Gasteiger partial charge on any atom is -0.399 e. The number of hydrogen-bond donors (Lipinski definition) is 2. The van der Waals surface area contributed by atoms with Gasteiger partial charge in [0.15, 0.2) is 0 Å². The molecule has 19 heavy (non-hydrogen) atoms. The highest BCUT2D eigenvalue weighted by Crippen LogP contribution is 2.10. The maximum absolute atomic E-state index is 13.1. The normalized spacial score (nSPS) is 10.2. The Morgan fingerprint density at radius 3 is 2.84 bits per heavy atom. The van der Waals surface area contributed by atoms with E-state index >= 15 is 0 Å². The third kappa shape index (κ3) is 3.77. The number of amides is 1. The van der Waals surface area contributed by atoms with Gasteiger partial charge >= 0.3 is 0 Å². The molecular formula is C14H14FN3O. The molecule has 2 aromatic rings. The quantitative estimate of drug-likeness (QED) is 0.822. The Labute approximate surface area is 110 Å². The molecule has 98 valence electrons. The molecule has 0 unspecified atom stereocenters. The maximum atomic E-state index is 13.1. The SMILES string of the molecule is Nc1cc(F)cc(C(=O)NCCc2ccccn2)c1. The van der Waals surface area contributed by atoms with Gasteiger partial charge < -0.3 is 11.1 Å². The van der Waals surface area contributed by atoms with Crippen molar-refractivity contribution in [2.24, 2.45) is 0 Å². The lowest BCUT2D eigenvalue weighted by molar-refractivity contribution is 0.0953. The van der Waals surface area contributed by atoms with Crippen molar-refractivity contribution in [3.05, 3.63) is 59.7 Å². The van der Waals surface area contributed by atoms with Crippen LogP contribution in [0.3, 0.4) is 0 Å². The second kappa shape index (κ2) is 5.95. The highest BCUT2D eigenvalue weighted by atomic mass is 19.1. The van der Waals surface area contributed by atoms with Crippen LogP contribution >= 0.6 is 0 Å². The molecule has 0 spiro atoms. The second-order valence-electron chi connectivity index (χ2n) is 4.10. The highest BCUT2D eigenvalue weighted by molar-refractivity contribution is 5.95. The molecule has 0 bridgehead atoms. The molecule has 4 nitrogen and oxygen atoms in total. The van der Waals surface area contributed by atoms with E-state index < -0.39 is 5.82 Å². The van der Waals surface area contributed by atoms with Gasteiger partial charge in [-0.3, -0.25) is 9.78 Å². The number of carbonyl (C=O) groups excluding carboxylic acids is 1. The van der Waals surface area contributed by atoms with E-state index in [9.17, 15) is 9.18 Å². The lowest BCUT2D eigenvalue weighted by Crippen LogP contribution is -2.26. The lowest BCUT2D eigenvalue weighted by atomic mass is 10.2. The first kappa shape index (κ1) is 13.0. The fourth-order valence-corrected chi connectivity index (χ4v) is 1.70. The van der Waals surface area contributed by atoms with Crippen LogP contribution in [0, 0.1) is 5.82 Å². The first-order valence-electron chi connectivity index (χ1n) is 5.89. The molecule has 5 heteroatoms. The van der Waals surface area contributed by atoms with Crippen molar-refractivity contribution in [2.75, 3.05) is 12.3 Å². The Kier molecular flexibility index (Phi) is 4.07. The van der Waals surface area contributed by atoms with Crippen LogP contribution in [-0.2, 0) is 6.42 Å². The molecule has 2 rings (SSSR count). The number of rotatable bonds is 4. The predicted octanol–water partition coefficient (Wildman–Crippen LogP) is 1.78. The summed E-state index contributed by atoms with van der Waals surface area (Å²) < 4.78 is 13.1. The molecule has 0 aliphatic rings. The first-order chi connectivity index (χ1) is 9.15. The average molecular weight is 259 g/mol. The summed E-state index contributed by atoms with van der Waals surface area (Å²) in [6, 6.07) is 9.37. The number of nitrogens with one attached hydrogen (secondary N) is 1. The fraction of sp³-hybridized carbons (Fsp3) is 0.143. The van der Waals surface area contributed by atoms with Gasteiger partial charge in [-0.15, -0.1) is 0 Å². The predicted molar refractivity (Wildman–Crippen MR) is 71.1 cm³/mol. The molecule has 1 heterocycles. The van der Waals surface area contributed by atoms with E-state index in [0.29, 0.717) is 13.0 Å². The summed E-state index contributed by atoms with van der Waals surface area (Å²) in [6.07, 6.45) is 2.32. The molecule has 3 N–H and O–H groups in total. The van der Waals surface area contributed by atoms with Crippen molar-refractivity contribution >= 4 is 11.6 Å². The summed E-state index contributed by atoms with van der Waals surface area (Å²) in [7, 11) is 0. The summed E-state index contributed by atoms with van der Waals surface area (Å²) in [5.41, 5.74) is 6.83. The highest BCUT2D eigenvalue weighted by Gasteiger charge is 2.07. The van der Waals surface area contributed by atoms with E-state index in [1.807, 2.05) is 18.2 Å². The van der Waals surface area contributed by atoms with Gasteiger partial charge in [-0.05, 0) is 30.3 Å². The summed E-state index contributed by atoms with van der Waals surface area (Å²) >= 11 is 0. The van der Waals surface area contributed by atoms with Crippen LogP contribution in [-0.4, -0.2) is 17.4 Å². The van der Waals surface area contributed by atoms with Crippen molar-refractivity contribution in [3.63, 3.8) is 0 Å². The number of nitrogen functional groups attached to an aromatic ring is 1. The number of hydrogen-bond acceptors (Lipinski definition) is 3. The Bertz CT molecular complexity index is 552. The Morgan fingerprint density at radius 1 is 1.32 bits per heavy atom. The Morgan fingerprint density at radius 2 is 2.16 bits per heavy atom. The molecule has 0 aliphatic heterocycles. The van der Waals surface area contributed by atoms with Crippen LogP contribution in [0.2, 0.25) is 0 Å². The van der Waals surface area contributed by atoms with Gasteiger partial charge in [-0.2, -0.15) is 0 Å². The summed E-state index contributed by atoms with van der Waals surface area (Å²) in [5, 5.41) is 2.70. The molecule has 0 saturated heterocycles. The largest absolute Gasteiger partial charge is 0.399 e. The van der Waals surface area contributed by atoms with E-state index in [-0.39, 0.29) is 17.2 Å². The number of anilines is 1. The second-order valence-corrected chi connectivity index (χ2v) is 4.10. The van der Waals surface area contributed by atoms with Gasteiger partial charge in [0.2, 0.25) is 0 Å². The van der Waals surface area contributed by atoms with Crippen molar-refractivity contribution in [1.29, 1.82) is 0 Å². The molecule has 0 fully saturated rings. The van der Waals surface area contributed by atoms with E-state index in [4.69, 9.17) is 5.73 Å². The summed E-state index contributed by atoms with van der Waals surface area (Å²) in [5.74, 6) is -0.864. The number of pyridine rings is 1. The first-order valence-corrected chi connectivity index (χ1v) is 5.89. The van der Waals surface area contributed by atoms with Crippen molar-refractivity contribution in [1.82, 2.24) is 10.3 Å². The van der Waals surface area contributed by atoms with Gasteiger partial charge in [-0.1, -0.05) is 6.07 Å². The van der Waals surface area contributed by atoms with Gasteiger partial charge in [0, 0.05) is 36.1 Å². The molecule has 1 aromatic heterocycles. The zero-order valence-electron chi connectivity index (χ0n) is 10.3. The van der Waals surface area contributed by atoms with E-state index in [1.165, 1.54) is 12.1 Å².